The van der Waals surface area contributed by atoms with Gasteiger partial charge in [-0.25, -0.2) is 4.79 Å². The third-order valence-corrected chi connectivity index (χ3v) is 5.56. The molecular formula is C22H23N3O3. The van der Waals surface area contributed by atoms with E-state index in [0.717, 1.165) is 37.8 Å². The molecule has 1 aliphatic carbocycles. The minimum atomic E-state index is -0.313. The summed E-state index contributed by atoms with van der Waals surface area (Å²) in [5.41, 5.74) is 2.05. The predicted octanol–water partition coefficient (Wildman–Crippen LogP) is 4.28. The normalized spacial score (nSPS) is 16.8. The molecule has 0 unspecified atom stereocenters. The number of hydrogen-bond donors (Lipinski definition) is 1. The fraction of sp³-hybridized carbons (Fsp3) is 0.318. The standard InChI is InChI=1S/C22H23N3O3/c1-24(16-8-4-2-5-9-16)22(28)23-15-12-13-18-19(14-15)21(27)25(20(18)26)17-10-6-3-7-11-17/h2,4-5,8-9,12-14,17H,3,6-7,10-11H2,1H3,(H,23,28). The predicted molar refractivity (Wildman–Crippen MR) is 108 cm³/mol. The van der Waals surface area contributed by atoms with Gasteiger partial charge in [-0.1, -0.05) is 37.5 Å². The molecule has 2 aromatic rings. The summed E-state index contributed by atoms with van der Waals surface area (Å²) in [4.78, 5) is 41.1. The van der Waals surface area contributed by atoms with Crippen molar-refractivity contribution in [3.8, 4) is 0 Å². The Kier molecular flexibility index (Phi) is 4.86. The lowest BCUT2D eigenvalue weighted by Gasteiger charge is -2.29. The maximum Gasteiger partial charge on any atom is 0.326 e. The Morgan fingerprint density at radius 2 is 1.64 bits per heavy atom. The van der Waals surface area contributed by atoms with E-state index in [1.807, 2.05) is 30.3 Å². The molecule has 1 N–H and O–H groups in total. The first-order valence-corrected chi connectivity index (χ1v) is 9.68. The van der Waals surface area contributed by atoms with Crippen molar-refractivity contribution in [1.82, 2.24) is 4.90 Å². The average molecular weight is 377 g/mol. The number of rotatable bonds is 3. The summed E-state index contributed by atoms with van der Waals surface area (Å²) >= 11 is 0. The maximum atomic E-state index is 12.9. The third kappa shape index (κ3) is 3.26. The lowest BCUT2D eigenvalue weighted by Crippen LogP contribution is -2.40. The minimum Gasteiger partial charge on any atom is -0.308 e. The maximum absolute atomic E-state index is 12.9. The van der Waals surface area contributed by atoms with E-state index in [9.17, 15) is 14.4 Å². The number of nitrogens with zero attached hydrogens (tertiary/aromatic N) is 2. The van der Waals surface area contributed by atoms with E-state index in [-0.39, 0.29) is 23.9 Å². The monoisotopic (exact) mass is 377 g/mol. The summed E-state index contributed by atoms with van der Waals surface area (Å²) in [7, 11) is 1.68. The molecule has 6 nitrogen and oxygen atoms in total. The molecule has 0 aromatic heterocycles. The van der Waals surface area contributed by atoms with E-state index in [1.54, 1.807) is 25.2 Å². The molecule has 0 spiro atoms. The first kappa shape index (κ1) is 18.2. The average Bonchev–Trinajstić information content (AvgIpc) is 2.98. The zero-order valence-corrected chi connectivity index (χ0v) is 15.9. The van der Waals surface area contributed by atoms with Gasteiger partial charge in [0.25, 0.3) is 11.8 Å². The van der Waals surface area contributed by atoms with Crippen molar-refractivity contribution in [3.05, 3.63) is 59.7 Å². The molecule has 6 heteroatoms. The highest BCUT2D eigenvalue weighted by Crippen LogP contribution is 2.32. The highest BCUT2D eigenvalue weighted by Gasteiger charge is 2.40. The molecule has 1 aliphatic heterocycles. The van der Waals surface area contributed by atoms with Gasteiger partial charge < -0.3 is 5.32 Å². The first-order valence-electron chi connectivity index (χ1n) is 9.68. The quantitative estimate of drug-likeness (QED) is 0.812. The van der Waals surface area contributed by atoms with Crippen molar-refractivity contribution in [2.75, 3.05) is 17.3 Å². The van der Waals surface area contributed by atoms with Crippen LogP contribution < -0.4 is 10.2 Å². The van der Waals surface area contributed by atoms with E-state index in [1.165, 1.54) is 9.80 Å². The SMILES string of the molecule is CN(C(=O)Nc1ccc2c(c1)C(=O)N(C1CCCCC1)C2=O)c1ccccc1. The van der Waals surface area contributed by atoms with Gasteiger partial charge in [-0.05, 0) is 43.2 Å². The van der Waals surface area contributed by atoms with Gasteiger partial charge in [0.05, 0.1) is 11.1 Å². The number of fused-ring (bicyclic) bond motifs is 1. The fourth-order valence-electron chi connectivity index (χ4n) is 3.98. The van der Waals surface area contributed by atoms with Gasteiger partial charge in [0.2, 0.25) is 0 Å². The summed E-state index contributed by atoms with van der Waals surface area (Å²) in [5.74, 6) is -0.467. The van der Waals surface area contributed by atoms with E-state index in [2.05, 4.69) is 5.32 Å². The number of carbonyl (C=O) groups is 3. The van der Waals surface area contributed by atoms with Crippen LogP contribution in [0.2, 0.25) is 0 Å². The smallest absolute Gasteiger partial charge is 0.308 e. The molecule has 2 aromatic carbocycles. The molecular weight excluding hydrogens is 354 g/mol. The number of anilines is 2. The van der Waals surface area contributed by atoms with Crippen molar-refractivity contribution in [2.45, 2.75) is 38.1 Å². The zero-order chi connectivity index (χ0) is 19.7. The van der Waals surface area contributed by atoms with E-state index in [4.69, 9.17) is 0 Å². The van der Waals surface area contributed by atoms with Crippen LogP contribution in [-0.2, 0) is 0 Å². The van der Waals surface area contributed by atoms with Crippen molar-refractivity contribution < 1.29 is 14.4 Å². The van der Waals surface area contributed by atoms with Crippen LogP contribution in [-0.4, -0.2) is 35.8 Å². The van der Waals surface area contributed by atoms with Crippen LogP contribution >= 0.6 is 0 Å². The molecule has 28 heavy (non-hydrogen) atoms. The van der Waals surface area contributed by atoms with Gasteiger partial charge in [0, 0.05) is 24.5 Å². The Bertz CT molecular complexity index is 920. The summed E-state index contributed by atoms with van der Waals surface area (Å²) in [5, 5.41) is 2.80. The lowest BCUT2D eigenvalue weighted by atomic mass is 9.94. The largest absolute Gasteiger partial charge is 0.326 e. The zero-order valence-electron chi connectivity index (χ0n) is 15.9. The van der Waals surface area contributed by atoms with Gasteiger partial charge in [0.1, 0.15) is 0 Å². The lowest BCUT2D eigenvalue weighted by molar-refractivity contribution is 0.0549. The fourth-order valence-corrected chi connectivity index (χ4v) is 3.98. The van der Waals surface area contributed by atoms with Crippen molar-refractivity contribution >= 4 is 29.2 Å². The molecule has 1 heterocycles. The van der Waals surface area contributed by atoms with E-state index in [0.29, 0.717) is 16.8 Å². The first-order chi connectivity index (χ1) is 13.6. The van der Waals surface area contributed by atoms with Crippen LogP contribution in [0.15, 0.2) is 48.5 Å². The highest BCUT2D eigenvalue weighted by atomic mass is 16.2. The van der Waals surface area contributed by atoms with Gasteiger partial charge in [0.15, 0.2) is 0 Å². The second kappa shape index (κ2) is 7.46. The number of amides is 4. The molecule has 0 radical (unpaired) electrons. The number of hydrogen-bond acceptors (Lipinski definition) is 3. The molecule has 144 valence electrons. The van der Waals surface area contributed by atoms with Crippen molar-refractivity contribution in [3.63, 3.8) is 0 Å². The highest BCUT2D eigenvalue weighted by molar-refractivity contribution is 6.22. The minimum absolute atomic E-state index is 0.0107. The van der Waals surface area contributed by atoms with Crippen LogP contribution in [0.25, 0.3) is 0 Å². The van der Waals surface area contributed by atoms with Crippen molar-refractivity contribution in [2.24, 2.45) is 0 Å². The number of para-hydroxylation sites is 1. The number of benzene rings is 2. The topological polar surface area (TPSA) is 69.7 Å². The Hall–Kier alpha value is -3.15. The summed E-state index contributed by atoms with van der Waals surface area (Å²) in [6.45, 7) is 0. The molecule has 2 aliphatic rings. The molecule has 4 amide bonds. The van der Waals surface area contributed by atoms with Crippen LogP contribution in [0.1, 0.15) is 52.8 Å². The van der Waals surface area contributed by atoms with Crippen molar-refractivity contribution in [1.29, 1.82) is 0 Å². The molecule has 0 atom stereocenters. The van der Waals surface area contributed by atoms with E-state index < -0.39 is 0 Å². The number of carbonyl (C=O) groups excluding carboxylic acids is 3. The summed E-state index contributed by atoms with van der Waals surface area (Å²) < 4.78 is 0. The second-order valence-electron chi connectivity index (χ2n) is 7.36. The van der Waals surface area contributed by atoms with Gasteiger partial charge in [-0.2, -0.15) is 0 Å². The molecule has 0 saturated heterocycles. The summed E-state index contributed by atoms with van der Waals surface area (Å²) in [6, 6.07) is 13.9. The second-order valence-corrected chi connectivity index (χ2v) is 7.36. The van der Waals surface area contributed by atoms with E-state index >= 15 is 0 Å². The Balaban J connectivity index is 1.52. The van der Waals surface area contributed by atoms with Gasteiger partial charge >= 0.3 is 6.03 Å². The van der Waals surface area contributed by atoms with Gasteiger partial charge in [-0.15, -0.1) is 0 Å². The molecule has 4 rings (SSSR count). The van der Waals surface area contributed by atoms with Crippen LogP contribution in [0.5, 0.6) is 0 Å². The Labute approximate surface area is 164 Å². The Morgan fingerprint density at radius 3 is 2.36 bits per heavy atom. The summed E-state index contributed by atoms with van der Waals surface area (Å²) in [6.07, 6.45) is 5.00. The van der Waals surface area contributed by atoms with Gasteiger partial charge in [-0.3, -0.25) is 19.4 Å². The third-order valence-electron chi connectivity index (χ3n) is 5.56. The van der Waals surface area contributed by atoms with Crippen LogP contribution in [0.3, 0.4) is 0 Å². The molecule has 1 saturated carbocycles. The van der Waals surface area contributed by atoms with Crippen LogP contribution in [0, 0.1) is 0 Å². The molecule has 1 fully saturated rings. The Morgan fingerprint density at radius 1 is 0.964 bits per heavy atom. The number of imide groups is 1. The molecule has 0 bridgehead atoms. The number of nitrogens with one attached hydrogen (secondary N) is 1. The number of urea groups is 1. The van der Waals surface area contributed by atoms with Crippen LogP contribution in [0.4, 0.5) is 16.2 Å².